The number of nitrogens with zero attached hydrogens (tertiary/aromatic N) is 2. The van der Waals surface area contributed by atoms with Gasteiger partial charge in [0, 0.05) is 6.07 Å². The van der Waals surface area contributed by atoms with Gasteiger partial charge in [0.2, 0.25) is 0 Å². The molecule has 70 valence electrons. The van der Waals surface area contributed by atoms with Crippen molar-refractivity contribution < 1.29 is 4.39 Å². The molecule has 1 aromatic heterocycles. The Balaban J connectivity index is 2.94. The molecule has 0 saturated heterocycles. The zero-order valence-corrected chi connectivity index (χ0v) is 6.82. The van der Waals surface area contributed by atoms with Crippen molar-refractivity contribution in [3.8, 4) is 0 Å². The summed E-state index contributed by atoms with van der Waals surface area (Å²) < 4.78 is 13.0. The molecule has 5 nitrogen and oxygen atoms in total. The van der Waals surface area contributed by atoms with E-state index in [1.165, 1.54) is 0 Å². The lowest BCUT2D eigenvalue weighted by Crippen LogP contribution is -2.06. The number of nitrogens with one attached hydrogen (secondary N) is 1. The predicted molar refractivity (Wildman–Crippen MR) is 47.8 cm³/mol. The van der Waals surface area contributed by atoms with Crippen LogP contribution in [0, 0.1) is 10.7 Å². The summed E-state index contributed by atoms with van der Waals surface area (Å²) in [4.78, 5) is 27.4. The standard InChI is InChI=1S/C8H4FN3O2/c9-5-2-6-4(1-7(5)12-14)8(13)11-3-10-6/h1-3H,(H,10,11,13). The first kappa shape index (κ1) is 8.49. The zero-order valence-electron chi connectivity index (χ0n) is 6.82. The maximum Gasteiger partial charge on any atom is 0.258 e. The average molecular weight is 193 g/mol. The van der Waals surface area contributed by atoms with Crippen LogP contribution < -0.4 is 5.56 Å². The van der Waals surface area contributed by atoms with Crippen molar-refractivity contribution in [2.75, 3.05) is 0 Å². The minimum absolute atomic E-state index is 0.142. The quantitative estimate of drug-likeness (QED) is 0.696. The van der Waals surface area contributed by atoms with Crippen LogP contribution in [0.2, 0.25) is 0 Å². The van der Waals surface area contributed by atoms with E-state index in [0.717, 1.165) is 18.5 Å². The van der Waals surface area contributed by atoms with Gasteiger partial charge < -0.3 is 4.98 Å². The lowest BCUT2D eigenvalue weighted by atomic mass is 10.2. The summed E-state index contributed by atoms with van der Waals surface area (Å²) in [7, 11) is 0. The minimum atomic E-state index is -0.786. The number of hydrogen-bond acceptors (Lipinski definition) is 4. The van der Waals surface area contributed by atoms with Gasteiger partial charge in [-0.25, -0.2) is 9.37 Å². The Hall–Kier alpha value is -2.11. The normalized spacial score (nSPS) is 10.4. The Labute approximate surface area is 76.6 Å². The van der Waals surface area contributed by atoms with Crippen molar-refractivity contribution >= 4 is 16.6 Å². The third kappa shape index (κ3) is 1.17. The van der Waals surface area contributed by atoms with Crippen LogP contribution in [0.25, 0.3) is 10.9 Å². The molecule has 0 atom stereocenters. The van der Waals surface area contributed by atoms with Gasteiger partial charge in [0.05, 0.1) is 17.2 Å². The molecule has 0 aliphatic rings. The summed E-state index contributed by atoms with van der Waals surface area (Å²) in [5.74, 6) is -0.786. The summed E-state index contributed by atoms with van der Waals surface area (Å²) >= 11 is 0. The van der Waals surface area contributed by atoms with Crippen LogP contribution in [0.15, 0.2) is 28.4 Å². The summed E-state index contributed by atoms with van der Waals surface area (Å²) in [6, 6.07) is 2.07. The smallest absolute Gasteiger partial charge is 0.258 e. The molecule has 0 fully saturated rings. The Morgan fingerprint density at radius 2 is 2.21 bits per heavy atom. The Morgan fingerprint density at radius 1 is 1.43 bits per heavy atom. The number of H-pyrrole nitrogens is 1. The minimum Gasteiger partial charge on any atom is -0.313 e. The van der Waals surface area contributed by atoms with Crippen LogP contribution in [0.5, 0.6) is 0 Å². The van der Waals surface area contributed by atoms with Crippen molar-refractivity contribution in [3.05, 3.63) is 39.5 Å². The first-order valence-electron chi connectivity index (χ1n) is 3.72. The number of aromatic amines is 1. The third-order valence-electron chi connectivity index (χ3n) is 1.81. The van der Waals surface area contributed by atoms with Gasteiger partial charge in [-0.2, -0.15) is 0 Å². The van der Waals surface area contributed by atoms with Crippen LogP contribution in [0.1, 0.15) is 0 Å². The fourth-order valence-electron chi connectivity index (χ4n) is 1.15. The SMILES string of the molecule is O=Nc1cc2c(=O)[nH]cnc2cc1F. The van der Waals surface area contributed by atoms with E-state index in [9.17, 15) is 14.1 Å². The molecule has 0 unspecified atom stereocenters. The van der Waals surface area contributed by atoms with Gasteiger partial charge in [-0.15, -0.1) is 4.91 Å². The van der Waals surface area contributed by atoms with E-state index < -0.39 is 17.1 Å². The monoisotopic (exact) mass is 193 g/mol. The molecule has 1 heterocycles. The van der Waals surface area contributed by atoms with E-state index in [2.05, 4.69) is 15.1 Å². The Morgan fingerprint density at radius 3 is 2.93 bits per heavy atom. The molecule has 0 amide bonds. The number of hydrogen-bond donors (Lipinski definition) is 1. The highest BCUT2D eigenvalue weighted by atomic mass is 19.1. The van der Waals surface area contributed by atoms with Crippen LogP contribution in [0.4, 0.5) is 10.1 Å². The van der Waals surface area contributed by atoms with E-state index in [0.29, 0.717) is 0 Å². The maximum atomic E-state index is 13.0. The van der Waals surface area contributed by atoms with E-state index in [-0.39, 0.29) is 10.9 Å². The lowest BCUT2D eigenvalue weighted by Gasteiger charge is -1.96. The Bertz CT molecular complexity index is 564. The van der Waals surface area contributed by atoms with Gasteiger partial charge in [-0.05, 0) is 11.2 Å². The molecule has 14 heavy (non-hydrogen) atoms. The largest absolute Gasteiger partial charge is 0.313 e. The van der Waals surface area contributed by atoms with E-state index in [1.807, 2.05) is 0 Å². The summed E-state index contributed by atoms with van der Waals surface area (Å²) in [6.45, 7) is 0. The van der Waals surface area contributed by atoms with Crippen LogP contribution in [-0.4, -0.2) is 9.97 Å². The highest BCUT2D eigenvalue weighted by molar-refractivity contribution is 5.80. The Kier molecular flexibility index (Phi) is 1.81. The van der Waals surface area contributed by atoms with E-state index >= 15 is 0 Å². The molecular formula is C8H4FN3O2. The van der Waals surface area contributed by atoms with Gasteiger partial charge in [0.15, 0.2) is 5.82 Å². The molecule has 0 bridgehead atoms. The summed E-state index contributed by atoms with van der Waals surface area (Å²) in [6.07, 6.45) is 1.16. The number of aromatic nitrogens is 2. The molecule has 1 aromatic carbocycles. The summed E-state index contributed by atoms with van der Waals surface area (Å²) in [5, 5.41) is 2.60. The van der Waals surface area contributed by atoms with Crippen molar-refractivity contribution in [1.29, 1.82) is 0 Å². The van der Waals surface area contributed by atoms with Gasteiger partial charge in [-0.3, -0.25) is 4.79 Å². The number of rotatable bonds is 1. The molecule has 0 spiro atoms. The number of nitroso groups, excluding NO2 is 1. The highest BCUT2D eigenvalue weighted by Gasteiger charge is 2.07. The van der Waals surface area contributed by atoms with Crippen LogP contribution >= 0.6 is 0 Å². The van der Waals surface area contributed by atoms with Gasteiger partial charge in [0.1, 0.15) is 5.69 Å². The molecule has 0 saturated carbocycles. The number of benzene rings is 1. The number of halogens is 1. The third-order valence-corrected chi connectivity index (χ3v) is 1.81. The van der Waals surface area contributed by atoms with Gasteiger partial charge in [0.25, 0.3) is 5.56 Å². The lowest BCUT2D eigenvalue weighted by molar-refractivity contribution is 0.631. The van der Waals surface area contributed by atoms with Crippen molar-refractivity contribution in [3.63, 3.8) is 0 Å². The van der Waals surface area contributed by atoms with Crippen molar-refractivity contribution in [1.82, 2.24) is 9.97 Å². The average Bonchev–Trinajstić information content (AvgIpc) is 2.17. The number of fused-ring (bicyclic) bond motifs is 1. The molecule has 0 aliphatic heterocycles. The first-order chi connectivity index (χ1) is 6.72. The first-order valence-corrected chi connectivity index (χ1v) is 3.72. The van der Waals surface area contributed by atoms with Crippen molar-refractivity contribution in [2.45, 2.75) is 0 Å². The maximum absolute atomic E-state index is 13.0. The molecule has 1 N–H and O–H groups in total. The van der Waals surface area contributed by atoms with Crippen LogP contribution in [0.3, 0.4) is 0 Å². The van der Waals surface area contributed by atoms with Gasteiger partial charge in [-0.1, -0.05) is 0 Å². The van der Waals surface area contributed by atoms with Gasteiger partial charge >= 0.3 is 0 Å². The van der Waals surface area contributed by atoms with Crippen molar-refractivity contribution in [2.24, 2.45) is 5.18 Å². The second-order valence-corrected chi connectivity index (χ2v) is 2.64. The molecule has 2 aromatic rings. The topological polar surface area (TPSA) is 75.2 Å². The predicted octanol–water partition coefficient (Wildman–Crippen LogP) is 1.46. The molecule has 2 rings (SSSR count). The van der Waals surface area contributed by atoms with E-state index in [4.69, 9.17) is 0 Å². The molecule has 0 radical (unpaired) electrons. The molecule has 6 heteroatoms. The molecule has 0 aliphatic carbocycles. The fraction of sp³-hybridized carbons (Fsp3) is 0. The van der Waals surface area contributed by atoms with E-state index in [1.54, 1.807) is 0 Å². The second-order valence-electron chi connectivity index (χ2n) is 2.64. The second kappa shape index (κ2) is 2.99. The highest BCUT2D eigenvalue weighted by Crippen LogP contribution is 2.21. The zero-order chi connectivity index (χ0) is 10.1. The molecular weight excluding hydrogens is 189 g/mol. The fourth-order valence-corrected chi connectivity index (χ4v) is 1.15. The van der Waals surface area contributed by atoms with Crippen LogP contribution in [-0.2, 0) is 0 Å². The summed E-state index contributed by atoms with van der Waals surface area (Å²) in [5.41, 5.74) is -0.630.